The van der Waals surface area contributed by atoms with Gasteiger partial charge in [-0.15, -0.1) is 0 Å². The van der Waals surface area contributed by atoms with E-state index in [1.807, 2.05) is 25.1 Å². The molecule has 0 saturated heterocycles. The maximum atomic E-state index is 11.6. The van der Waals surface area contributed by atoms with Crippen molar-refractivity contribution in [2.45, 2.75) is 27.2 Å². The van der Waals surface area contributed by atoms with E-state index in [0.29, 0.717) is 18.1 Å². The second-order valence-corrected chi connectivity index (χ2v) is 3.98. The second kappa shape index (κ2) is 5.54. The number of carbonyl (C=O) groups excluding carboxylic acids is 1. The van der Waals surface area contributed by atoms with Crippen molar-refractivity contribution in [3.8, 4) is 0 Å². The highest BCUT2D eigenvalue weighted by molar-refractivity contribution is 5.89. The first kappa shape index (κ1) is 11.8. The zero-order valence-electron chi connectivity index (χ0n) is 9.62. The summed E-state index contributed by atoms with van der Waals surface area (Å²) in [6, 6.07) is 7.46. The summed E-state index contributed by atoms with van der Waals surface area (Å²) in [5, 5.41) is 0. The number of hydrogen-bond donors (Lipinski definition) is 0. The van der Waals surface area contributed by atoms with Crippen LogP contribution in [-0.4, -0.2) is 12.6 Å². The molecule has 0 saturated carbocycles. The lowest BCUT2D eigenvalue weighted by atomic mass is 10.1. The van der Waals surface area contributed by atoms with E-state index in [-0.39, 0.29) is 5.97 Å². The Bertz CT molecular complexity index is 331. The Morgan fingerprint density at radius 1 is 1.47 bits per heavy atom. The van der Waals surface area contributed by atoms with Crippen LogP contribution in [0, 0.1) is 12.8 Å². The molecular formula is C13H18O2. The van der Waals surface area contributed by atoms with Crippen LogP contribution < -0.4 is 0 Å². The molecule has 0 radical (unpaired) electrons. The number of esters is 1. The van der Waals surface area contributed by atoms with Gasteiger partial charge in [0.2, 0.25) is 0 Å². The van der Waals surface area contributed by atoms with Crippen LogP contribution in [0.15, 0.2) is 24.3 Å². The average molecular weight is 206 g/mol. The lowest BCUT2D eigenvalue weighted by Gasteiger charge is -2.09. The molecule has 15 heavy (non-hydrogen) atoms. The normalized spacial score (nSPS) is 12.2. The zero-order chi connectivity index (χ0) is 11.3. The summed E-state index contributed by atoms with van der Waals surface area (Å²) in [6.45, 7) is 6.63. The van der Waals surface area contributed by atoms with Crippen molar-refractivity contribution in [3.05, 3.63) is 35.4 Å². The van der Waals surface area contributed by atoms with Gasteiger partial charge < -0.3 is 4.74 Å². The van der Waals surface area contributed by atoms with Gasteiger partial charge in [-0.25, -0.2) is 4.79 Å². The van der Waals surface area contributed by atoms with Gasteiger partial charge in [0.05, 0.1) is 12.2 Å². The Balaban J connectivity index is 2.54. The molecule has 1 atom stereocenters. The van der Waals surface area contributed by atoms with Gasteiger partial charge in [-0.3, -0.25) is 0 Å². The first-order valence-electron chi connectivity index (χ1n) is 5.37. The minimum Gasteiger partial charge on any atom is -0.462 e. The number of benzene rings is 1. The van der Waals surface area contributed by atoms with Gasteiger partial charge in [0.25, 0.3) is 0 Å². The maximum absolute atomic E-state index is 11.6. The Morgan fingerprint density at radius 2 is 2.20 bits per heavy atom. The van der Waals surface area contributed by atoms with Gasteiger partial charge in [-0.05, 0) is 25.0 Å². The van der Waals surface area contributed by atoms with Crippen molar-refractivity contribution in [1.29, 1.82) is 0 Å². The van der Waals surface area contributed by atoms with Crippen LogP contribution in [0.3, 0.4) is 0 Å². The third-order valence-electron chi connectivity index (χ3n) is 2.45. The van der Waals surface area contributed by atoms with Crippen LogP contribution in [0.2, 0.25) is 0 Å². The van der Waals surface area contributed by atoms with Crippen LogP contribution >= 0.6 is 0 Å². The van der Waals surface area contributed by atoms with E-state index < -0.39 is 0 Å². The number of aryl methyl sites for hydroxylation is 1. The predicted molar refractivity (Wildman–Crippen MR) is 60.9 cm³/mol. The zero-order valence-corrected chi connectivity index (χ0v) is 9.62. The highest BCUT2D eigenvalue weighted by atomic mass is 16.5. The summed E-state index contributed by atoms with van der Waals surface area (Å²) in [6.07, 6.45) is 1.03. The topological polar surface area (TPSA) is 26.3 Å². The van der Waals surface area contributed by atoms with Gasteiger partial charge in [0, 0.05) is 0 Å². The molecular weight excluding hydrogens is 188 g/mol. The van der Waals surface area contributed by atoms with Gasteiger partial charge >= 0.3 is 5.97 Å². The smallest absolute Gasteiger partial charge is 0.338 e. The Hall–Kier alpha value is -1.31. The quantitative estimate of drug-likeness (QED) is 0.707. The molecule has 1 aromatic rings. The van der Waals surface area contributed by atoms with E-state index in [1.165, 1.54) is 0 Å². The fraction of sp³-hybridized carbons (Fsp3) is 0.462. The molecule has 2 nitrogen and oxygen atoms in total. The minimum absolute atomic E-state index is 0.223. The van der Waals surface area contributed by atoms with Crippen molar-refractivity contribution in [2.24, 2.45) is 5.92 Å². The molecule has 0 aliphatic rings. The van der Waals surface area contributed by atoms with Gasteiger partial charge in [0.1, 0.15) is 0 Å². The summed E-state index contributed by atoms with van der Waals surface area (Å²) in [5.74, 6) is 0.206. The number of carbonyl (C=O) groups is 1. The molecule has 2 heteroatoms. The van der Waals surface area contributed by atoms with Crippen LogP contribution in [-0.2, 0) is 4.74 Å². The van der Waals surface area contributed by atoms with Crippen molar-refractivity contribution >= 4 is 5.97 Å². The first-order chi connectivity index (χ1) is 7.13. The molecule has 0 aliphatic heterocycles. The summed E-state index contributed by atoms with van der Waals surface area (Å²) < 4.78 is 5.20. The predicted octanol–water partition coefficient (Wildman–Crippen LogP) is 3.20. The third kappa shape index (κ3) is 3.74. The lowest BCUT2D eigenvalue weighted by molar-refractivity contribution is 0.0447. The molecule has 1 rings (SSSR count). The summed E-state index contributed by atoms with van der Waals surface area (Å²) >= 11 is 0. The first-order valence-corrected chi connectivity index (χ1v) is 5.37. The lowest BCUT2D eigenvalue weighted by Crippen LogP contribution is -2.11. The van der Waals surface area contributed by atoms with Crippen molar-refractivity contribution in [1.82, 2.24) is 0 Å². The molecule has 82 valence electrons. The molecule has 0 N–H and O–H groups in total. The second-order valence-electron chi connectivity index (χ2n) is 3.98. The standard InChI is InChI=1S/C13H18O2/c1-4-10(2)9-15-13(14)12-7-5-6-11(3)8-12/h5-8,10H,4,9H2,1-3H3. The molecule has 0 fully saturated rings. The molecule has 0 heterocycles. The van der Waals surface area contributed by atoms with Gasteiger partial charge in [0.15, 0.2) is 0 Å². The molecule has 0 aromatic heterocycles. The molecule has 0 aliphatic carbocycles. The van der Waals surface area contributed by atoms with Crippen molar-refractivity contribution in [3.63, 3.8) is 0 Å². The van der Waals surface area contributed by atoms with Crippen LogP contribution in [0.5, 0.6) is 0 Å². The maximum Gasteiger partial charge on any atom is 0.338 e. The van der Waals surface area contributed by atoms with Crippen LogP contribution in [0.4, 0.5) is 0 Å². The van der Waals surface area contributed by atoms with Crippen molar-refractivity contribution < 1.29 is 9.53 Å². The highest BCUT2D eigenvalue weighted by Crippen LogP contribution is 2.07. The highest BCUT2D eigenvalue weighted by Gasteiger charge is 2.08. The fourth-order valence-corrected chi connectivity index (χ4v) is 1.19. The Kier molecular flexibility index (Phi) is 4.35. The summed E-state index contributed by atoms with van der Waals surface area (Å²) in [7, 11) is 0. The van der Waals surface area contributed by atoms with Crippen LogP contribution in [0.1, 0.15) is 36.2 Å². The largest absolute Gasteiger partial charge is 0.462 e. The number of rotatable bonds is 4. The van der Waals surface area contributed by atoms with E-state index in [2.05, 4.69) is 13.8 Å². The summed E-state index contributed by atoms with van der Waals surface area (Å²) in [4.78, 5) is 11.6. The van der Waals surface area contributed by atoms with E-state index in [9.17, 15) is 4.79 Å². The Morgan fingerprint density at radius 3 is 2.80 bits per heavy atom. The van der Waals surface area contributed by atoms with E-state index >= 15 is 0 Å². The van der Waals surface area contributed by atoms with Crippen molar-refractivity contribution in [2.75, 3.05) is 6.61 Å². The average Bonchev–Trinajstić information content (AvgIpc) is 2.25. The summed E-state index contributed by atoms with van der Waals surface area (Å²) in [5.41, 5.74) is 1.71. The monoisotopic (exact) mass is 206 g/mol. The van der Waals surface area contributed by atoms with Crippen LogP contribution in [0.25, 0.3) is 0 Å². The minimum atomic E-state index is -0.223. The number of ether oxygens (including phenoxy) is 1. The molecule has 0 amide bonds. The third-order valence-corrected chi connectivity index (χ3v) is 2.45. The van der Waals surface area contributed by atoms with Gasteiger partial charge in [-0.2, -0.15) is 0 Å². The van der Waals surface area contributed by atoms with Gasteiger partial charge in [-0.1, -0.05) is 38.0 Å². The number of hydrogen-bond acceptors (Lipinski definition) is 2. The Labute approximate surface area is 91.3 Å². The molecule has 0 bridgehead atoms. The molecule has 1 aromatic carbocycles. The molecule has 0 spiro atoms. The van der Waals surface area contributed by atoms with E-state index in [0.717, 1.165) is 12.0 Å². The fourth-order valence-electron chi connectivity index (χ4n) is 1.19. The van der Waals surface area contributed by atoms with E-state index in [4.69, 9.17) is 4.74 Å². The SMILES string of the molecule is CCC(C)COC(=O)c1cccc(C)c1. The molecule has 1 unspecified atom stereocenters. The van der Waals surface area contributed by atoms with E-state index in [1.54, 1.807) is 6.07 Å².